The molecule has 0 aliphatic heterocycles. The number of rotatable bonds is 9. The van der Waals surface area contributed by atoms with Crippen LogP contribution in [-0.4, -0.2) is 15.3 Å². The van der Waals surface area contributed by atoms with Gasteiger partial charge in [0, 0.05) is 0 Å². The number of hydrogen-bond acceptors (Lipinski definition) is 3. The van der Waals surface area contributed by atoms with Crippen LogP contribution >= 0.6 is 0 Å². The van der Waals surface area contributed by atoms with Crippen molar-refractivity contribution in [3.8, 4) is 17.2 Å². The summed E-state index contributed by atoms with van der Waals surface area (Å²) in [7, 11) is 0. The second-order valence-electron chi connectivity index (χ2n) is 25.4. The normalized spacial score (nSPS) is 16.6. The lowest BCUT2D eigenvalue weighted by Crippen LogP contribution is -2.20. The summed E-state index contributed by atoms with van der Waals surface area (Å²) in [5.41, 5.74) is 10.4. The van der Waals surface area contributed by atoms with E-state index >= 15 is 0 Å². The highest BCUT2D eigenvalue weighted by atomic mass is 16.3. The number of hydrogen-bond donors (Lipinski definition) is 3. The maximum atomic E-state index is 10.9. The molecular weight excluding hydrogens is 757 g/mol. The first-order valence-corrected chi connectivity index (χ1v) is 24.7. The van der Waals surface area contributed by atoms with Gasteiger partial charge in [0.05, 0.1) is 0 Å². The summed E-state index contributed by atoms with van der Waals surface area (Å²) < 4.78 is 0. The van der Waals surface area contributed by atoms with E-state index in [9.17, 15) is 15.3 Å². The molecule has 3 heteroatoms. The van der Waals surface area contributed by atoms with Crippen LogP contribution in [0.25, 0.3) is 0 Å². The van der Waals surface area contributed by atoms with Crippen molar-refractivity contribution in [2.24, 2.45) is 5.92 Å². The first-order valence-electron chi connectivity index (χ1n) is 24.7. The van der Waals surface area contributed by atoms with E-state index < -0.39 is 0 Å². The Balaban J connectivity index is 0.000000327. The minimum absolute atomic E-state index is 0.0178. The van der Waals surface area contributed by atoms with Crippen LogP contribution in [0.1, 0.15) is 265 Å². The second-order valence-corrected chi connectivity index (χ2v) is 25.4. The van der Waals surface area contributed by atoms with E-state index in [-0.39, 0.29) is 32.5 Å². The first kappa shape index (κ1) is 55.2. The second kappa shape index (κ2) is 21.8. The van der Waals surface area contributed by atoms with Gasteiger partial charge >= 0.3 is 0 Å². The Kier molecular flexibility index (Phi) is 19.4. The van der Waals surface area contributed by atoms with Gasteiger partial charge in [0.2, 0.25) is 0 Å². The van der Waals surface area contributed by atoms with Crippen molar-refractivity contribution in [3.05, 3.63) is 86.5 Å². The largest absolute Gasteiger partial charge is 0.507 e. The fraction of sp³-hybridized carbons (Fsp3) is 0.695. The van der Waals surface area contributed by atoms with Crippen LogP contribution in [0.2, 0.25) is 0 Å². The van der Waals surface area contributed by atoms with E-state index in [0.717, 1.165) is 45.7 Å². The summed E-state index contributed by atoms with van der Waals surface area (Å²) in [6.45, 7) is 45.8. The summed E-state index contributed by atoms with van der Waals surface area (Å²) in [4.78, 5) is 0. The lowest BCUT2D eigenvalue weighted by molar-refractivity contribution is 0.307. The molecule has 0 spiro atoms. The van der Waals surface area contributed by atoms with Gasteiger partial charge < -0.3 is 15.3 Å². The Hall–Kier alpha value is -2.94. The highest BCUT2D eigenvalue weighted by Crippen LogP contribution is 2.45. The van der Waals surface area contributed by atoms with Crippen LogP contribution in [0, 0.1) is 12.8 Å². The molecule has 3 aromatic rings. The number of phenolic OH excluding ortho intramolecular Hbond substituents is 3. The zero-order valence-electron chi connectivity index (χ0n) is 44.4. The van der Waals surface area contributed by atoms with Crippen molar-refractivity contribution in [1.82, 2.24) is 0 Å². The van der Waals surface area contributed by atoms with Gasteiger partial charge in [-0.05, 0) is 134 Å². The quantitative estimate of drug-likeness (QED) is 0.188. The molecule has 1 fully saturated rings. The number of benzene rings is 3. The van der Waals surface area contributed by atoms with Gasteiger partial charge in [-0.3, -0.25) is 0 Å². The van der Waals surface area contributed by atoms with Gasteiger partial charge in [-0.1, -0.05) is 219 Å². The molecule has 0 heterocycles. The Morgan fingerprint density at radius 3 is 1.06 bits per heavy atom. The summed E-state index contributed by atoms with van der Waals surface area (Å²) in [6.07, 6.45) is 15.7. The average molecular weight is 855 g/mol. The SMILES string of the molecule is CCCC1CCC(c2cc(C(C)(C)C)c(O)c(C(C)(C)C)c2)CC1.CCCCCCCc1cc(C(C)(C)C)c(O)c(C(C)(C)C)c1.Cc1cc(C(C)(C)C)c(O)c(C(C)(C)C)c1. The molecule has 3 N–H and O–H groups in total. The van der Waals surface area contributed by atoms with Crippen LogP contribution in [0.3, 0.4) is 0 Å². The Bertz CT molecular complexity index is 1740. The van der Waals surface area contributed by atoms with E-state index in [1.165, 1.54) is 87.3 Å². The van der Waals surface area contributed by atoms with Crippen molar-refractivity contribution in [3.63, 3.8) is 0 Å². The van der Waals surface area contributed by atoms with Crippen LogP contribution in [0.15, 0.2) is 36.4 Å². The van der Waals surface area contributed by atoms with Gasteiger partial charge in [-0.25, -0.2) is 0 Å². The molecule has 3 nitrogen and oxygen atoms in total. The van der Waals surface area contributed by atoms with Crippen LogP contribution in [0.5, 0.6) is 17.2 Å². The molecule has 4 rings (SSSR count). The minimum atomic E-state index is -0.0283. The van der Waals surface area contributed by atoms with Gasteiger partial charge in [0.1, 0.15) is 17.2 Å². The van der Waals surface area contributed by atoms with Crippen molar-refractivity contribution < 1.29 is 15.3 Å². The van der Waals surface area contributed by atoms with E-state index in [0.29, 0.717) is 23.2 Å². The third-order valence-electron chi connectivity index (χ3n) is 13.0. The number of aromatic hydroxyl groups is 3. The van der Waals surface area contributed by atoms with Crippen molar-refractivity contribution in [2.45, 2.75) is 261 Å². The topological polar surface area (TPSA) is 60.7 Å². The monoisotopic (exact) mass is 855 g/mol. The molecule has 0 amide bonds. The third kappa shape index (κ3) is 16.2. The molecule has 0 radical (unpaired) electrons. The summed E-state index contributed by atoms with van der Waals surface area (Å²) in [5, 5.41) is 32.0. The molecule has 0 bridgehead atoms. The van der Waals surface area contributed by atoms with Gasteiger partial charge in [-0.15, -0.1) is 0 Å². The van der Waals surface area contributed by atoms with Gasteiger partial charge in [0.15, 0.2) is 0 Å². The fourth-order valence-corrected chi connectivity index (χ4v) is 9.07. The summed E-state index contributed by atoms with van der Waals surface area (Å²) >= 11 is 0. The standard InChI is InChI=1S/C23H38O.C21H36O.C15H24O/c1-8-9-16-10-12-17(13-11-16)18-14-19(22(2,3)4)21(24)20(15-18)23(5,6)7;1-8-9-10-11-12-13-16-14-17(20(2,3)4)19(22)18(15-16)21(5,6)7;1-10-8-11(14(2,3)4)13(16)12(9-10)15(5,6)7/h14-17,24H,8-13H2,1-7H3;14-15,22H,8-13H2,1-7H3;8-9,16H,1-7H3. The molecule has 62 heavy (non-hydrogen) atoms. The summed E-state index contributed by atoms with van der Waals surface area (Å²) in [5.74, 6) is 3.08. The molecule has 352 valence electrons. The molecule has 1 aliphatic carbocycles. The fourth-order valence-electron chi connectivity index (χ4n) is 9.07. The van der Waals surface area contributed by atoms with E-state index in [2.05, 4.69) is 182 Å². The Morgan fingerprint density at radius 2 is 0.742 bits per heavy atom. The number of phenols is 3. The molecule has 0 saturated heterocycles. The number of unbranched alkanes of at least 4 members (excludes halogenated alkanes) is 4. The molecule has 1 saturated carbocycles. The predicted molar refractivity (Wildman–Crippen MR) is 273 cm³/mol. The highest BCUT2D eigenvalue weighted by molar-refractivity contribution is 5.52. The lowest BCUT2D eigenvalue weighted by Gasteiger charge is -2.32. The van der Waals surface area contributed by atoms with Crippen LogP contribution < -0.4 is 0 Å². The van der Waals surface area contributed by atoms with Crippen molar-refractivity contribution in [2.75, 3.05) is 0 Å². The van der Waals surface area contributed by atoms with Crippen molar-refractivity contribution >= 4 is 0 Å². The molecule has 0 atom stereocenters. The zero-order chi connectivity index (χ0) is 47.8. The Labute approximate surface area is 384 Å². The molecule has 3 aromatic carbocycles. The molecule has 0 aromatic heterocycles. The van der Waals surface area contributed by atoms with Crippen LogP contribution in [0.4, 0.5) is 0 Å². The van der Waals surface area contributed by atoms with Gasteiger partial charge in [-0.2, -0.15) is 0 Å². The predicted octanol–water partition coefficient (Wildman–Crippen LogP) is 17.9. The third-order valence-corrected chi connectivity index (χ3v) is 13.0. The maximum Gasteiger partial charge on any atom is 0.123 e. The van der Waals surface area contributed by atoms with Crippen molar-refractivity contribution in [1.29, 1.82) is 0 Å². The minimum Gasteiger partial charge on any atom is -0.507 e. The van der Waals surface area contributed by atoms with E-state index in [1.807, 2.05) is 0 Å². The Morgan fingerprint density at radius 1 is 0.419 bits per heavy atom. The highest BCUT2D eigenvalue weighted by Gasteiger charge is 2.31. The first-order chi connectivity index (χ1) is 28.1. The van der Waals surface area contributed by atoms with Gasteiger partial charge in [0.25, 0.3) is 0 Å². The van der Waals surface area contributed by atoms with E-state index in [1.54, 1.807) is 0 Å². The van der Waals surface area contributed by atoms with E-state index in [4.69, 9.17) is 0 Å². The number of aryl methyl sites for hydroxylation is 2. The summed E-state index contributed by atoms with van der Waals surface area (Å²) in [6, 6.07) is 13.2. The van der Waals surface area contributed by atoms with Crippen LogP contribution in [-0.2, 0) is 38.9 Å². The smallest absolute Gasteiger partial charge is 0.123 e. The lowest BCUT2D eigenvalue weighted by atomic mass is 9.73. The zero-order valence-corrected chi connectivity index (χ0v) is 44.4. The molecule has 0 unspecified atom stereocenters. The average Bonchev–Trinajstić information content (AvgIpc) is 3.11. The molecule has 1 aliphatic rings. The maximum absolute atomic E-state index is 10.9. The molecular formula is C59H98O3.